The normalized spacial score (nSPS) is 12.2. The van der Waals surface area contributed by atoms with Gasteiger partial charge >= 0.3 is 0 Å². The number of hydrogen-bond donors (Lipinski definition) is 2. The maximum absolute atomic E-state index is 6.23. The molecule has 0 radical (unpaired) electrons. The van der Waals surface area contributed by atoms with E-state index in [0.29, 0.717) is 6.61 Å². The van der Waals surface area contributed by atoms with Crippen LogP contribution in [0.3, 0.4) is 0 Å². The Kier molecular flexibility index (Phi) is 5.35. The fraction of sp³-hybridized carbons (Fsp3) is 0.217. The molecule has 1 atom stereocenters. The smallest absolute Gasteiger partial charge is 0.138 e. The van der Waals surface area contributed by atoms with Crippen LogP contribution in [-0.4, -0.2) is 27.8 Å². The summed E-state index contributed by atoms with van der Waals surface area (Å²) in [6.07, 6.45) is 5.41. The Balaban J connectivity index is 1.39. The standard InChI is InChI=1S/C23H24N4O/c1-16-22-12-18(8-10-23(22)27-26-16)19-11-21(14-25-13-19)28-15-20(24)9-7-17-5-3-2-4-6-17/h2-6,8,10-14,20H,7,9,15,24H2,1H3,(H,26,27). The SMILES string of the molecule is Cc1[nH]nc2ccc(-c3cncc(OCC(N)CCc4ccccc4)c3)cc12. The summed E-state index contributed by atoms with van der Waals surface area (Å²) >= 11 is 0. The summed E-state index contributed by atoms with van der Waals surface area (Å²) in [5, 5.41) is 8.42. The van der Waals surface area contributed by atoms with Gasteiger partial charge in [-0.2, -0.15) is 5.10 Å². The fourth-order valence-corrected chi connectivity index (χ4v) is 3.26. The molecule has 0 aliphatic rings. The Hall–Kier alpha value is -3.18. The molecule has 5 nitrogen and oxygen atoms in total. The molecule has 4 aromatic rings. The number of nitrogens with two attached hydrogens (primary N) is 1. The largest absolute Gasteiger partial charge is 0.490 e. The molecule has 5 heteroatoms. The number of ether oxygens (including phenoxy) is 1. The first kappa shape index (κ1) is 18.2. The highest BCUT2D eigenvalue weighted by molar-refractivity contribution is 5.86. The van der Waals surface area contributed by atoms with E-state index in [1.807, 2.05) is 31.3 Å². The van der Waals surface area contributed by atoms with Crippen molar-refractivity contribution in [1.82, 2.24) is 15.2 Å². The first-order valence-corrected chi connectivity index (χ1v) is 9.51. The zero-order chi connectivity index (χ0) is 19.3. The second kappa shape index (κ2) is 8.23. The lowest BCUT2D eigenvalue weighted by Gasteiger charge is -2.13. The summed E-state index contributed by atoms with van der Waals surface area (Å²) in [7, 11) is 0. The number of fused-ring (bicyclic) bond motifs is 1. The number of pyridine rings is 1. The van der Waals surface area contributed by atoms with Crippen molar-refractivity contribution in [2.75, 3.05) is 6.61 Å². The lowest BCUT2D eigenvalue weighted by molar-refractivity contribution is 0.281. The van der Waals surface area contributed by atoms with Gasteiger partial charge in [-0.25, -0.2) is 0 Å². The van der Waals surface area contributed by atoms with E-state index in [1.165, 1.54) is 5.56 Å². The fourth-order valence-electron chi connectivity index (χ4n) is 3.26. The molecule has 2 heterocycles. The zero-order valence-electron chi connectivity index (χ0n) is 15.9. The molecule has 0 aliphatic heterocycles. The Morgan fingerprint density at radius 1 is 1.04 bits per heavy atom. The van der Waals surface area contributed by atoms with Crippen LogP contribution in [0.15, 0.2) is 67.0 Å². The second-order valence-electron chi connectivity index (χ2n) is 7.09. The van der Waals surface area contributed by atoms with Gasteiger partial charge in [0.25, 0.3) is 0 Å². The average molecular weight is 372 g/mol. The quantitative estimate of drug-likeness (QED) is 0.508. The van der Waals surface area contributed by atoms with Gasteiger partial charge in [-0.1, -0.05) is 36.4 Å². The highest BCUT2D eigenvalue weighted by atomic mass is 16.5. The minimum Gasteiger partial charge on any atom is -0.490 e. The maximum Gasteiger partial charge on any atom is 0.138 e. The van der Waals surface area contributed by atoms with Crippen LogP contribution in [0.5, 0.6) is 5.75 Å². The predicted octanol–water partition coefficient (Wildman–Crippen LogP) is 4.27. The van der Waals surface area contributed by atoms with Crippen LogP contribution in [0.4, 0.5) is 0 Å². The molecule has 4 rings (SSSR count). The Labute approximate surface area is 164 Å². The molecule has 0 saturated heterocycles. The molecule has 3 N–H and O–H groups in total. The van der Waals surface area contributed by atoms with Crippen molar-refractivity contribution >= 4 is 10.9 Å². The van der Waals surface area contributed by atoms with Crippen LogP contribution < -0.4 is 10.5 Å². The summed E-state index contributed by atoms with van der Waals surface area (Å²) in [6.45, 7) is 2.49. The maximum atomic E-state index is 6.23. The zero-order valence-corrected chi connectivity index (χ0v) is 15.9. The Morgan fingerprint density at radius 2 is 1.89 bits per heavy atom. The van der Waals surface area contributed by atoms with Crippen molar-refractivity contribution < 1.29 is 4.74 Å². The molecule has 0 saturated carbocycles. The molecule has 0 aliphatic carbocycles. The molecule has 2 aromatic carbocycles. The molecule has 142 valence electrons. The van der Waals surface area contributed by atoms with Crippen LogP contribution >= 0.6 is 0 Å². The number of nitrogens with one attached hydrogen (secondary N) is 1. The second-order valence-corrected chi connectivity index (χ2v) is 7.09. The van der Waals surface area contributed by atoms with Crippen molar-refractivity contribution in [2.45, 2.75) is 25.8 Å². The van der Waals surface area contributed by atoms with Gasteiger partial charge in [0.2, 0.25) is 0 Å². The molecule has 28 heavy (non-hydrogen) atoms. The van der Waals surface area contributed by atoms with E-state index in [4.69, 9.17) is 10.5 Å². The number of nitrogens with zero attached hydrogens (tertiary/aromatic N) is 2. The molecule has 0 spiro atoms. The van der Waals surface area contributed by atoms with Crippen LogP contribution in [0, 0.1) is 6.92 Å². The minimum absolute atomic E-state index is 0.0196. The van der Waals surface area contributed by atoms with Gasteiger partial charge in [0.1, 0.15) is 12.4 Å². The number of benzene rings is 2. The predicted molar refractivity (Wildman–Crippen MR) is 112 cm³/mol. The number of aromatic nitrogens is 3. The van der Waals surface area contributed by atoms with Gasteiger partial charge < -0.3 is 10.5 Å². The van der Waals surface area contributed by atoms with E-state index in [1.54, 1.807) is 6.20 Å². The monoisotopic (exact) mass is 372 g/mol. The van der Waals surface area contributed by atoms with Crippen molar-refractivity contribution in [1.29, 1.82) is 0 Å². The van der Waals surface area contributed by atoms with E-state index in [-0.39, 0.29) is 6.04 Å². The van der Waals surface area contributed by atoms with Crippen LogP contribution in [0.2, 0.25) is 0 Å². The van der Waals surface area contributed by atoms with Gasteiger partial charge in [0.05, 0.1) is 11.7 Å². The lowest BCUT2D eigenvalue weighted by Crippen LogP contribution is -2.28. The number of H-pyrrole nitrogens is 1. The van der Waals surface area contributed by atoms with E-state index < -0.39 is 0 Å². The first-order chi connectivity index (χ1) is 13.7. The summed E-state index contributed by atoms with van der Waals surface area (Å²) in [6, 6.07) is 18.6. The average Bonchev–Trinajstić information content (AvgIpc) is 3.12. The molecule has 0 bridgehead atoms. The van der Waals surface area contributed by atoms with Crippen molar-refractivity contribution in [3.8, 4) is 16.9 Å². The van der Waals surface area contributed by atoms with Crippen molar-refractivity contribution in [2.24, 2.45) is 5.73 Å². The van der Waals surface area contributed by atoms with Gasteiger partial charge in [0, 0.05) is 28.9 Å². The van der Waals surface area contributed by atoms with E-state index in [2.05, 4.69) is 51.6 Å². The molecule has 0 fully saturated rings. The summed E-state index contributed by atoms with van der Waals surface area (Å²) < 4.78 is 5.91. The third-order valence-corrected chi connectivity index (χ3v) is 4.90. The van der Waals surface area contributed by atoms with Gasteiger partial charge in [-0.3, -0.25) is 10.1 Å². The van der Waals surface area contributed by atoms with Crippen LogP contribution in [-0.2, 0) is 6.42 Å². The third-order valence-electron chi connectivity index (χ3n) is 4.90. The van der Waals surface area contributed by atoms with E-state index >= 15 is 0 Å². The van der Waals surface area contributed by atoms with Gasteiger partial charge in [-0.05, 0) is 49.1 Å². The third kappa shape index (κ3) is 4.21. The molecule has 2 aromatic heterocycles. The van der Waals surface area contributed by atoms with E-state index in [0.717, 1.165) is 46.3 Å². The topological polar surface area (TPSA) is 76.8 Å². The number of hydrogen-bond acceptors (Lipinski definition) is 4. The highest BCUT2D eigenvalue weighted by Gasteiger charge is 2.08. The molecule has 1 unspecified atom stereocenters. The summed E-state index contributed by atoms with van der Waals surface area (Å²) in [4.78, 5) is 4.33. The minimum atomic E-state index is -0.0196. The summed E-state index contributed by atoms with van der Waals surface area (Å²) in [5.41, 5.74) is 11.6. The Morgan fingerprint density at radius 3 is 2.75 bits per heavy atom. The molecule has 0 amide bonds. The van der Waals surface area contributed by atoms with Crippen LogP contribution in [0.1, 0.15) is 17.7 Å². The number of aryl methyl sites for hydroxylation is 2. The molecular weight excluding hydrogens is 348 g/mol. The summed E-state index contributed by atoms with van der Waals surface area (Å²) in [5.74, 6) is 0.733. The van der Waals surface area contributed by atoms with Gasteiger partial charge in [0.15, 0.2) is 0 Å². The highest BCUT2D eigenvalue weighted by Crippen LogP contribution is 2.27. The Bertz CT molecular complexity index is 1060. The van der Waals surface area contributed by atoms with Crippen molar-refractivity contribution in [3.63, 3.8) is 0 Å². The molecular formula is C23H24N4O. The van der Waals surface area contributed by atoms with Gasteiger partial charge in [-0.15, -0.1) is 0 Å². The lowest BCUT2D eigenvalue weighted by atomic mass is 10.0. The first-order valence-electron chi connectivity index (χ1n) is 9.51. The van der Waals surface area contributed by atoms with Crippen LogP contribution in [0.25, 0.3) is 22.0 Å². The van der Waals surface area contributed by atoms with E-state index in [9.17, 15) is 0 Å². The number of aromatic amines is 1. The van der Waals surface area contributed by atoms with Crippen molar-refractivity contribution in [3.05, 3.63) is 78.2 Å². The number of rotatable bonds is 7.